The summed E-state index contributed by atoms with van der Waals surface area (Å²) in [5.41, 5.74) is 0.774. The summed E-state index contributed by atoms with van der Waals surface area (Å²) >= 11 is 3.31. The predicted molar refractivity (Wildman–Crippen MR) is 58.9 cm³/mol. The normalized spacial score (nSPS) is 14.9. The zero-order chi connectivity index (χ0) is 10.7. The largest absolute Gasteiger partial charge is 0.388 e. The summed E-state index contributed by atoms with van der Waals surface area (Å²) in [4.78, 5) is 11.1. The van der Waals surface area contributed by atoms with Gasteiger partial charge in [0.15, 0.2) is 0 Å². The Morgan fingerprint density at radius 2 is 1.86 bits per heavy atom. The van der Waals surface area contributed by atoms with Crippen LogP contribution in [-0.4, -0.2) is 10.9 Å². The molecule has 0 unspecified atom stereocenters. The fourth-order valence-electron chi connectivity index (χ4n) is 1.17. The molecule has 0 aliphatic heterocycles. The number of benzene rings is 1. The second-order valence-electron chi connectivity index (χ2n) is 3.40. The van der Waals surface area contributed by atoms with Crippen LogP contribution in [-0.2, 0) is 4.79 Å². The van der Waals surface area contributed by atoms with E-state index in [2.05, 4.69) is 15.9 Å². The van der Waals surface area contributed by atoms with Crippen LogP contribution in [0.1, 0.15) is 25.5 Å². The van der Waals surface area contributed by atoms with Gasteiger partial charge in [0.25, 0.3) is 0 Å². The number of carbonyl (C=O) groups is 1. The molecule has 0 fully saturated rings. The van der Waals surface area contributed by atoms with Gasteiger partial charge in [-0.1, -0.05) is 35.0 Å². The van der Waals surface area contributed by atoms with Crippen LogP contribution < -0.4 is 0 Å². The molecule has 0 saturated heterocycles. The fraction of sp³-hybridized carbons (Fsp3) is 0.364. The van der Waals surface area contributed by atoms with Gasteiger partial charge >= 0.3 is 0 Å². The van der Waals surface area contributed by atoms with Gasteiger partial charge < -0.3 is 5.11 Å². The first-order valence-corrected chi connectivity index (χ1v) is 5.25. The third-order valence-corrected chi connectivity index (χ3v) is 2.86. The van der Waals surface area contributed by atoms with E-state index in [1.807, 2.05) is 24.3 Å². The van der Waals surface area contributed by atoms with Crippen molar-refractivity contribution in [3.05, 3.63) is 34.3 Å². The van der Waals surface area contributed by atoms with E-state index < -0.39 is 6.10 Å². The van der Waals surface area contributed by atoms with Crippen LogP contribution in [0, 0.1) is 5.92 Å². The van der Waals surface area contributed by atoms with Crippen molar-refractivity contribution in [2.75, 3.05) is 0 Å². The van der Waals surface area contributed by atoms with E-state index in [0.717, 1.165) is 10.0 Å². The van der Waals surface area contributed by atoms with Gasteiger partial charge in [-0.3, -0.25) is 4.79 Å². The van der Waals surface area contributed by atoms with Gasteiger partial charge in [-0.2, -0.15) is 0 Å². The molecule has 2 nitrogen and oxygen atoms in total. The average molecular weight is 257 g/mol. The number of hydrogen-bond donors (Lipinski definition) is 1. The molecule has 0 spiro atoms. The van der Waals surface area contributed by atoms with E-state index in [1.165, 1.54) is 6.92 Å². The van der Waals surface area contributed by atoms with Crippen molar-refractivity contribution in [2.24, 2.45) is 5.92 Å². The Hall–Kier alpha value is -0.670. The second-order valence-corrected chi connectivity index (χ2v) is 4.31. The molecule has 0 heterocycles. The lowest BCUT2D eigenvalue weighted by Gasteiger charge is -2.16. The SMILES string of the molecule is CC(=O)[C@@H](C)[C@H](O)c1ccc(Br)cc1. The molecule has 3 heteroatoms. The number of rotatable bonds is 3. The van der Waals surface area contributed by atoms with Gasteiger partial charge in [-0.25, -0.2) is 0 Å². The molecule has 1 aromatic carbocycles. The minimum Gasteiger partial charge on any atom is -0.388 e. The Kier molecular flexibility index (Phi) is 3.84. The fourth-order valence-corrected chi connectivity index (χ4v) is 1.44. The lowest BCUT2D eigenvalue weighted by atomic mass is 9.95. The van der Waals surface area contributed by atoms with Crippen molar-refractivity contribution >= 4 is 21.7 Å². The zero-order valence-corrected chi connectivity index (χ0v) is 9.78. The molecule has 0 aliphatic rings. The lowest BCUT2D eigenvalue weighted by molar-refractivity contribution is -0.123. The van der Waals surface area contributed by atoms with E-state index in [0.29, 0.717) is 0 Å². The Bertz CT molecular complexity index is 319. The molecular weight excluding hydrogens is 244 g/mol. The van der Waals surface area contributed by atoms with Crippen LogP contribution in [0.4, 0.5) is 0 Å². The van der Waals surface area contributed by atoms with Gasteiger partial charge in [0.05, 0.1) is 6.10 Å². The molecule has 0 bridgehead atoms. The molecule has 0 saturated carbocycles. The van der Waals surface area contributed by atoms with Crippen molar-refractivity contribution in [2.45, 2.75) is 20.0 Å². The van der Waals surface area contributed by atoms with E-state index in [-0.39, 0.29) is 11.7 Å². The third-order valence-electron chi connectivity index (χ3n) is 2.33. The minimum atomic E-state index is -0.708. The van der Waals surface area contributed by atoms with Crippen molar-refractivity contribution in [3.8, 4) is 0 Å². The Morgan fingerprint density at radius 3 is 2.29 bits per heavy atom. The van der Waals surface area contributed by atoms with Crippen molar-refractivity contribution < 1.29 is 9.90 Å². The molecule has 0 aliphatic carbocycles. The molecule has 76 valence electrons. The average Bonchev–Trinajstić information content (AvgIpc) is 2.16. The topological polar surface area (TPSA) is 37.3 Å². The molecular formula is C11H13BrO2. The molecule has 2 atom stereocenters. The van der Waals surface area contributed by atoms with Crippen molar-refractivity contribution in [1.29, 1.82) is 0 Å². The van der Waals surface area contributed by atoms with Crippen LogP contribution in [0.3, 0.4) is 0 Å². The van der Waals surface area contributed by atoms with Gasteiger partial charge in [0.1, 0.15) is 5.78 Å². The van der Waals surface area contributed by atoms with Gasteiger partial charge in [0, 0.05) is 10.4 Å². The Morgan fingerprint density at radius 1 is 1.36 bits per heavy atom. The number of Topliss-reactive ketones (excluding diaryl/α,β-unsaturated/α-hetero) is 1. The summed E-state index contributed by atoms with van der Waals surface area (Å²) in [6, 6.07) is 7.33. The van der Waals surface area contributed by atoms with E-state index >= 15 is 0 Å². The Balaban J connectivity index is 2.84. The molecule has 0 radical (unpaired) electrons. The summed E-state index contributed by atoms with van der Waals surface area (Å²) in [6.07, 6.45) is -0.708. The number of carbonyl (C=O) groups excluding carboxylic acids is 1. The van der Waals surface area contributed by atoms with E-state index in [1.54, 1.807) is 6.92 Å². The number of aliphatic hydroxyl groups is 1. The number of hydrogen-bond acceptors (Lipinski definition) is 2. The molecule has 1 aromatic rings. The van der Waals surface area contributed by atoms with E-state index in [9.17, 15) is 9.90 Å². The van der Waals surface area contributed by atoms with Crippen molar-refractivity contribution in [1.82, 2.24) is 0 Å². The van der Waals surface area contributed by atoms with Crippen LogP contribution in [0.2, 0.25) is 0 Å². The summed E-state index contributed by atoms with van der Waals surface area (Å²) < 4.78 is 0.962. The number of halogens is 1. The molecule has 0 aromatic heterocycles. The van der Waals surface area contributed by atoms with Crippen LogP contribution >= 0.6 is 15.9 Å². The van der Waals surface area contributed by atoms with Gasteiger partial charge in [-0.15, -0.1) is 0 Å². The lowest BCUT2D eigenvalue weighted by Crippen LogP contribution is -2.16. The standard InChI is InChI=1S/C11H13BrO2/c1-7(8(2)13)11(14)9-3-5-10(12)6-4-9/h3-7,11,14H,1-2H3/t7-,11+/m1/s1. The summed E-state index contributed by atoms with van der Waals surface area (Å²) in [6.45, 7) is 3.22. The van der Waals surface area contributed by atoms with Crippen molar-refractivity contribution in [3.63, 3.8) is 0 Å². The summed E-state index contributed by atoms with van der Waals surface area (Å²) in [7, 11) is 0. The first kappa shape index (κ1) is 11.4. The zero-order valence-electron chi connectivity index (χ0n) is 8.20. The van der Waals surface area contributed by atoms with Gasteiger partial charge in [0.2, 0.25) is 0 Å². The predicted octanol–water partition coefficient (Wildman–Crippen LogP) is 2.71. The van der Waals surface area contributed by atoms with Crippen LogP contribution in [0.15, 0.2) is 28.7 Å². The highest BCUT2D eigenvalue weighted by Crippen LogP contribution is 2.23. The Labute approximate surface area is 92.1 Å². The quantitative estimate of drug-likeness (QED) is 0.903. The van der Waals surface area contributed by atoms with Crippen LogP contribution in [0.5, 0.6) is 0 Å². The first-order chi connectivity index (χ1) is 6.52. The summed E-state index contributed by atoms with van der Waals surface area (Å²) in [5.74, 6) is -0.350. The van der Waals surface area contributed by atoms with Crippen LogP contribution in [0.25, 0.3) is 0 Å². The highest BCUT2D eigenvalue weighted by molar-refractivity contribution is 9.10. The molecule has 0 amide bonds. The maximum Gasteiger partial charge on any atom is 0.135 e. The highest BCUT2D eigenvalue weighted by atomic mass is 79.9. The maximum absolute atomic E-state index is 11.1. The third kappa shape index (κ3) is 2.66. The first-order valence-electron chi connectivity index (χ1n) is 4.46. The molecule has 14 heavy (non-hydrogen) atoms. The van der Waals surface area contributed by atoms with Gasteiger partial charge in [-0.05, 0) is 24.6 Å². The smallest absolute Gasteiger partial charge is 0.135 e. The highest BCUT2D eigenvalue weighted by Gasteiger charge is 2.19. The second kappa shape index (κ2) is 4.71. The maximum atomic E-state index is 11.1. The monoisotopic (exact) mass is 256 g/mol. The minimum absolute atomic E-state index is 0.000388. The molecule has 1 rings (SSSR count). The van der Waals surface area contributed by atoms with E-state index in [4.69, 9.17) is 0 Å². The molecule has 1 N–H and O–H groups in total. The summed E-state index contributed by atoms with van der Waals surface area (Å²) in [5, 5.41) is 9.81. The number of ketones is 1. The number of aliphatic hydroxyl groups excluding tert-OH is 1.